The van der Waals surface area contributed by atoms with Crippen LogP contribution in [0, 0.1) is 11.3 Å². The Morgan fingerprint density at radius 1 is 1.12 bits per heavy atom. The quantitative estimate of drug-likeness (QED) is 0.920. The Morgan fingerprint density at radius 3 is 2.62 bits per heavy atom. The number of hydrogen-bond donors (Lipinski definition) is 1. The van der Waals surface area contributed by atoms with E-state index in [-0.39, 0.29) is 4.90 Å². The minimum atomic E-state index is -3.73. The molecule has 0 radical (unpaired) electrons. The number of rotatable bonds is 4. The van der Waals surface area contributed by atoms with Crippen molar-refractivity contribution in [3.8, 4) is 17.6 Å². The van der Waals surface area contributed by atoms with E-state index in [1.807, 2.05) is 6.07 Å². The van der Waals surface area contributed by atoms with Crippen LogP contribution in [-0.2, 0) is 10.0 Å². The van der Waals surface area contributed by atoms with Crippen LogP contribution in [0.2, 0.25) is 0 Å². The lowest BCUT2D eigenvalue weighted by atomic mass is 10.1. The summed E-state index contributed by atoms with van der Waals surface area (Å²) in [5.41, 5.74) is 1.06. The Morgan fingerprint density at radius 2 is 1.88 bits per heavy atom. The van der Waals surface area contributed by atoms with Gasteiger partial charge in [-0.25, -0.2) is 13.1 Å². The molecule has 6 nitrogen and oxygen atoms in total. The largest absolute Gasteiger partial charge is 0.486 e. The molecule has 1 atom stereocenters. The molecule has 7 heteroatoms. The number of sulfonamides is 1. The van der Waals surface area contributed by atoms with E-state index in [1.54, 1.807) is 37.3 Å². The Hall–Kier alpha value is -2.56. The molecule has 0 saturated carbocycles. The lowest BCUT2D eigenvalue weighted by Crippen LogP contribution is -2.27. The van der Waals surface area contributed by atoms with Gasteiger partial charge in [0, 0.05) is 6.04 Å². The normalized spacial score (nSPS) is 14.7. The van der Waals surface area contributed by atoms with Crippen LogP contribution in [0.3, 0.4) is 0 Å². The first-order valence-corrected chi connectivity index (χ1v) is 8.90. The summed E-state index contributed by atoms with van der Waals surface area (Å²) in [6.45, 7) is 2.72. The second-order valence-electron chi connectivity index (χ2n) is 5.39. The highest BCUT2D eigenvalue weighted by Gasteiger charge is 2.20. The van der Waals surface area contributed by atoms with Gasteiger partial charge in [-0.3, -0.25) is 0 Å². The van der Waals surface area contributed by atoms with Gasteiger partial charge >= 0.3 is 0 Å². The molecule has 3 rings (SSSR count). The molecule has 1 aliphatic rings. The smallest absolute Gasteiger partial charge is 0.241 e. The van der Waals surface area contributed by atoms with Crippen molar-refractivity contribution in [2.45, 2.75) is 17.9 Å². The molecule has 1 aliphatic heterocycles. The highest BCUT2D eigenvalue weighted by Crippen LogP contribution is 2.32. The standard InChI is InChI=1S/C17H16N2O4S/c1-12(14-5-6-16-17(10-14)23-8-7-22-16)19-24(20,21)15-4-2-3-13(9-15)11-18/h2-6,9-10,12,19H,7-8H2,1H3. The molecular formula is C17H16N2O4S. The van der Waals surface area contributed by atoms with E-state index in [4.69, 9.17) is 14.7 Å². The van der Waals surface area contributed by atoms with Crippen molar-refractivity contribution in [3.63, 3.8) is 0 Å². The van der Waals surface area contributed by atoms with Crippen LogP contribution in [0.15, 0.2) is 47.4 Å². The lowest BCUT2D eigenvalue weighted by molar-refractivity contribution is 0.171. The third-order valence-electron chi connectivity index (χ3n) is 3.67. The predicted molar refractivity (Wildman–Crippen MR) is 87.3 cm³/mol. The summed E-state index contributed by atoms with van der Waals surface area (Å²) in [6.07, 6.45) is 0. The van der Waals surface area contributed by atoms with Crippen molar-refractivity contribution in [1.82, 2.24) is 4.72 Å². The molecule has 1 heterocycles. The molecule has 24 heavy (non-hydrogen) atoms. The summed E-state index contributed by atoms with van der Waals surface area (Å²) in [6, 6.07) is 12.7. The SMILES string of the molecule is CC(NS(=O)(=O)c1cccc(C#N)c1)c1ccc2c(c1)OCCO2. The van der Waals surface area contributed by atoms with Crippen LogP contribution in [0.25, 0.3) is 0 Å². The molecule has 124 valence electrons. The number of nitriles is 1. The molecule has 0 bridgehead atoms. The van der Waals surface area contributed by atoms with Crippen LogP contribution < -0.4 is 14.2 Å². The molecule has 2 aromatic carbocycles. The van der Waals surface area contributed by atoms with Gasteiger partial charge in [-0.1, -0.05) is 12.1 Å². The van der Waals surface area contributed by atoms with Gasteiger partial charge in [0.15, 0.2) is 11.5 Å². The van der Waals surface area contributed by atoms with Gasteiger partial charge in [-0.15, -0.1) is 0 Å². The van der Waals surface area contributed by atoms with Crippen molar-refractivity contribution in [1.29, 1.82) is 5.26 Å². The molecule has 2 aromatic rings. The maximum Gasteiger partial charge on any atom is 0.241 e. The summed E-state index contributed by atoms with van der Waals surface area (Å²) in [7, 11) is -3.73. The van der Waals surface area contributed by atoms with E-state index in [0.717, 1.165) is 5.56 Å². The fourth-order valence-electron chi connectivity index (χ4n) is 2.43. The van der Waals surface area contributed by atoms with Crippen LogP contribution >= 0.6 is 0 Å². The first-order valence-electron chi connectivity index (χ1n) is 7.41. The zero-order valence-electron chi connectivity index (χ0n) is 13.0. The van der Waals surface area contributed by atoms with Crippen molar-refractivity contribution in [2.75, 3.05) is 13.2 Å². The molecule has 0 aliphatic carbocycles. The highest BCUT2D eigenvalue weighted by molar-refractivity contribution is 7.89. The number of ether oxygens (including phenoxy) is 2. The van der Waals surface area contributed by atoms with Crippen molar-refractivity contribution >= 4 is 10.0 Å². The minimum Gasteiger partial charge on any atom is -0.486 e. The Kier molecular flexibility index (Phi) is 4.42. The molecule has 0 aromatic heterocycles. The monoisotopic (exact) mass is 344 g/mol. The molecule has 0 saturated heterocycles. The average molecular weight is 344 g/mol. The van der Waals surface area contributed by atoms with Crippen LogP contribution in [0.4, 0.5) is 0 Å². The van der Waals surface area contributed by atoms with E-state index < -0.39 is 16.1 Å². The topological polar surface area (TPSA) is 88.4 Å². The second-order valence-corrected chi connectivity index (χ2v) is 7.10. The summed E-state index contributed by atoms with van der Waals surface area (Å²) in [5.74, 6) is 1.26. The van der Waals surface area contributed by atoms with Gasteiger partial charge in [0.2, 0.25) is 10.0 Å². The number of nitrogens with one attached hydrogen (secondary N) is 1. The van der Waals surface area contributed by atoms with Gasteiger partial charge < -0.3 is 9.47 Å². The third kappa shape index (κ3) is 3.35. The van der Waals surface area contributed by atoms with E-state index in [9.17, 15) is 8.42 Å². The number of nitrogens with zero attached hydrogens (tertiary/aromatic N) is 1. The average Bonchev–Trinajstić information content (AvgIpc) is 2.61. The minimum absolute atomic E-state index is 0.0611. The first kappa shape index (κ1) is 16.3. The van der Waals surface area contributed by atoms with Crippen LogP contribution in [-0.4, -0.2) is 21.6 Å². The summed E-state index contributed by atoms with van der Waals surface area (Å²) in [4.78, 5) is 0.0611. The first-order chi connectivity index (χ1) is 11.5. The van der Waals surface area contributed by atoms with Gasteiger partial charge in [0.25, 0.3) is 0 Å². The predicted octanol–water partition coefficient (Wildman–Crippen LogP) is 2.37. The molecule has 1 unspecified atom stereocenters. The van der Waals surface area contributed by atoms with Gasteiger partial charge in [0.05, 0.1) is 16.5 Å². The Balaban J connectivity index is 1.83. The van der Waals surface area contributed by atoms with Gasteiger partial charge in [0.1, 0.15) is 13.2 Å². The highest BCUT2D eigenvalue weighted by atomic mass is 32.2. The maximum absolute atomic E-state index is 12.5. The molecule has 1 N–H and O–H groups in total. The molecule has 0 spiro atoms. The third-order valence-corrected chi connectivity index (χ3v) is 5.21. The van der Waals surface area contributed by atoms with Crippen molar-refractivity contribution in [2.24, 2.45) is 0 Å². The Bertz CT molecular complexity index is 903. The molecule has 0 amide bonds. The fourth-order valence-corrected chi connectivity index (χ4v) is 3.71. The molecular weight excluding hydrogens is 328 g/mol. The number of fused-ring (bicyclic) bond motifs is 1. The maximum atomic E-state index is 12.5. The summed E-state index contributed by atoms with van der Waals surface area (Å²) < 4.78 is 38.6. The summed E-state index contributed by atoms with van der Waals surface area (Å²) >= 11 is 0. The van der Waals surface area contributed by atoms with Crippen molar-refractivity contribution in [3.05, 3.63) is 53.6 Å². The van der Waals surface area contributed by atoms with E-state index in [2.05, 4.69) is 4.72 Å². The zero-order valence-corrected chi connectivity index (χ0v) is 13.8. The van der Waals surface area contributed by atoms with Gasteiger partial charge in [-0.2, -0.15) is 5.26 Å². The van der Waals surface area contributed by atoms with Crippen LogP contribution in [0.5, 0.6) is 11.5 Å². The van der Waals surface area contributed by atoms with E-state index in [1.165, 1.54) is 12.1 Å². The fraction of sp³-hybridized carbons (Fsp3) is 0.235. The lowest BCUT2D eigenvalue weighted by Gasteiger charge is -2.21. The summed E-state index contributed by atoms with van der Waals surface area (Å²) in [5, 5.41) is 8.91. The van der Waals surface area contributed by atoms with Crippen LogP contribution in [0.1, 0.15) is 24.1 Å². The van der Waals surface area contributed by atoms with Gasteiger partial charge in [-0.05, 0) is 42.8 Å². The number of hydrogen-bond acceptors (Lipinski definition) is 5. The second kappa shape index (κ2) is 6.51. The molecule has 0 fully saturated rings. The van der Waals surface area contributed by atoms with E-state index >= 15 is 0 Å². The zero-order chi connectivity index (χ0) is 17.2. The Labute approximate surface area is 140 Å². The van der Waals surface area contributed by atoms with E-state index in [0.29, 0.717) is 30.3 Å². The number of benzene rings is 2. The van der Waals surface area contributed by atoms with Crippen molar-refractivity contribution < 1.29 is 17.9 Å².